The number of hydrogen-bond donors (Lipinski definition) is 1. The molecule has 1 fully saturated rings. The highest BCUT2D eigenvalue weighted by Crippen LogP contribution is 2.20. The lowest BCUT2D eigenvalue weighted by Gasteiger charge is -2.34. The van der Waals surface area contributed by atoms with Crippen LogP contribution in [0, 0.1) is 11.8 Å². The van der Waals surface area contributed by atoms with Crippen LogP contribution >= 0.6 is 11.6 Å². The van der Waals surface area contributed by atoms with E-state index < -0.39 is 0 Å². The number of benzene rings is 1. The summed E-state index contributed by atoms with van der Waals surface area (Å²) in [7, 11) is 0. The zero-order valence-electron chi connectivity index (χ0n) is 14.6. The number of hydrogen-bond acceptors (Lipinski definition) is 3. The van der Waals surface area contributed by atoms with Gasteiger partial charge in [-0.3, -0.25) is 9.59 Å². The number of nitrogens with zero attached hydrogens (tertiary/aromatic N) is 1. The second-order valence-corrected chi connectivity index (χ2v) is 7.42. The molecule has 0 saturated carbocycles. The molecule has 24 heavy (non-hydrogen) atoms. The van der Waals surface area contributed by atoms with Crippen molar-refractivity contribution in [3.05, 3.63) is 34.9 Å². The Morgan fingerprint density at radius 1 is 1.12 bits per heavy atom. The summed E-state index contributed by atoms with van der Waals surface area (Å²) in [6.07, 6.45) is 1.75. The Balaban J connectivity index is 1.64. The molecule has 1 aromatic rings. The van der Waals surface area contributed by atoms with Crippen molar-refractivity contribution in [2.24, 2.45) is 11.8 Å². The summed E-state index contributed by atoms with van der Waals surface area (Å²) in [6.45, 7) is 8.30. The highest BCUT2D eigenvalue weighted by Gasteiger charge is 2.21. The average molecular weight is 351 g/mol. The third-order valence-electron chi connectivity index (χ3n) is 4.44. The highest BCUT2D eigenvalue weighted by molar-refractivity contribution is 6.30. The van der Waals surface area contributed by atoms with Crippen LogP contribution in [0.3, 0.4) is 0 Å². The van der Waals surface area contributed by atoms with Gasteiger partial charge in [0.15, 0.2) is 5.78 Å². The first-order chi connectivity index (χ1) is 11.4. The summed E-state index contributed by atoms with van der Waals surface area (Å²) < 4.78 is 0. The lowest BCUT2D eigenvalue weighted by molar-refractivity contribution is -0.121. The van der Waals surface area contributed by atoms with Crippen LogP contribution in [0.2, 0.25) is 5.02 Å². The number of carbonyl (C=O) groups excluding carboxylic acids is 2. The summed E-state index contributed by atoms with van der Waals surface area (Å²) in [4.78, 5) is 26.3. The monoisotopic (exact) mass is 350 g/mol. The van der Waals surface area contributed by atoms with Gasteiger partial charge in [-0.1, -0.05) is 25.4 Å². The van der Waals surface area contributed by atoms with Crippen LogP contribution < -0.4 is 5.32 Å². The standard InChI is InChI=1S/C19H27ClN2O2/c1-14-11-15(2)13-22(12-14)10-9-21-19(24)8-7-18(23)16-3-5-17(20)6-4-16/h3-6,14-15H,7-13H2,1-2H3,(H,21,24). The summed E-state index contributed by atoms with van der Waals surface area (Å²) in [5.41, 5.74) is 0.600. The first-order valence-electron chi connectivity index (χ1n) is 8.72. The van der Waals surface area contributed by atoms with E-state index in [0.717, 1.165) is 31.5 Å². The van der Waals surface area contributed by atoms with Crippen LogP contribution in [0.1, 0.15) is 43.5 Å². The van der Waals surface area contributed by atoms with Gasteiger partial charge in [-0.05, 0) is 42.5 Å². The number of carbonyl (C=O) groups is 2. The number of amides is 1. The topological polar surface area (TPSA) is 49.4 Å². The maximum Gasteiger partial charge on any atom is 0.220 e. The third-order valence-corrected chi connectivity index (χ3v) is 4.69. The normalized spacial score (nSPS) is 21.5. The van der Waals surface area contributed by atoms with Crippen molar-refractivity contribution in [3.8, 4) is 0 Å². The molecule has 1 heterocycles. The molecule has 0 aromatic heterocycles. The number of piperidine rings is 1. The molecule has 1 amide bonds. The molecule has 1 aromatic carbocycles. The Morgan fingerprint density at radius 2 is 1.75 bits per heavy atom. The second-order valence-electron chi connectivity index (χ2n) is 6.99. The van der Waals surface area contributed by atoms with Gasteiger partial charge >= 0.3 is 0 Å². The smallest absolute Gasteiger partial charge is 0.220 e. The maximum absolute atomic E-state index is 12.0. The van der Waals surface area contributed by atoms with Gasteiger partial charge in [0, 0.05) is 49.6 Å². The zero-order valence-corrected chi connectivity index (χ0v) is 15.3. The molecular weight excluding hydrogens is 324 g/mol. The average Bonchev–Trinajstić information content (AvgIpc) is 2.52. The fraction of sp³-hybridized carbons (Fsp3) is 0.579. The summed E-state index contributed by atoms with van der Waals surface area (Å²) in [5, 5.41) is 3.52. The van der Waals surface area contributed by atoms with Gasteiger partial charge in [-0.25, -0.2) is 0 Å². The van der Waals surface area contributed by atoms with Crippen LogP contribution in [0.15, 0.2) is 24.3 Å². The van der Waals surface area contributed by atoms with E-state index in [1.807, 2.05) is 0 Å². The molecule has 0 spiro atoms. The largest absolute Gasteiger partial charge is 0.355 e. The summed E-state index contributed by atoms with van der Waals surface area (Å²) in [5.74, 6) is 1.36. The van der Waals surface area contributed by atoms with Crippen molar-refractivity contribution < 1.29 is 9.59 Å². The molecule has 0 aliphatic carbocycles. The van der Waals surface area contributed by atoms with Gasteiger partial charge in [-0.15, -0.1) is 0 Å². The number of nitrogens with one attached hydrogen (secondary N) is 1. The van der Waals surface area contributed by atoms with E-state index in [2.05, 4.69) is 24.1 Å². The van der Waals surface area contributed by atoms with Gasteiger partial charge in [-0.2, -0.15) is 0 Å². The fourth-order valence-electron chi connectivity index (χ4n) is 3.42. The van der Waals surface area contributed by atoms with Crippen LogP contribution in [-0.2, 0) is 4.79 Å². The van der Waals surface area contributed by atoms with Gasteiger partial charge < -0.3 is 10.2 Å². The molecule has 1 saturated heterocycles. The Hall–Kier alpha value is -1.39. The Morgan fingerprint density at radius 3 is 2.38 bits per heavy atom. The molecule has 0 bridgehead atoms. The zero-order chi connectivity index (χ0) is 17.5. The molecule has 2 unspecified atom stereocenters. The SMILES string of the molecule is CC1CC(C)CN(CCNC(=O)CCC(=O)c2ccc(Cl)cc2)C1. The first kappa shape index (κ1) is 18.9. The molecule has 0 radical (unpaired) electrons. The summed E-state index contributed by atoms with van der Waals surface area (Å²) in [6, 6.07) is 6.77. The molecule has 2 atom stereocenters. The maximum atomic E-state index is 12.0. The van der Waals surface area contributed by atoms with Gasteiger partial charge in [0.1, 0.15) is 0 Å². The van der Waals surface area contributed by atoms with Crippen molar-refractivity contribution in [2.75, 3.05) is 26.2 Å². The molecule has 1 aliphatic rings. The fourth-order valence-corrected chi connectivity index (χ4v) is 3.55. The number of Topliss-reactive ketones (excluding diaryl/α,β-unsaturated/α-hetero) is 1. The van der Waals surface area contributed by atoms with Crippen molar-refractivity contribution in [3.63, 3.8) is 0 Å². The number of rotatable bonds is 7. The Kier molecular flexibility index (Phi) is 7.25. The lowest BCUT2D eigenvalue weighted by Crippen LogP contribution is -2.42. The van der Waals surface area contributed by atoms with Crippen LogP contribution in [-0.4, -0.2) is 42.8 Å². The van der Waals surface area contributed by atoms with E-state index in [9.17, 15) is 9.59 Å². The van der Waals surface area contributed by atoms with E-state index in [1.54, 1.807) is 24.3 Å². The van der Waals surface area contributed by atoms with Crippen molar-refractivity contribution >= 4 is 23.3 Å². The highest BCUT2D eigenvalue weighted by atomic mass is 35.5. The first-order valence-corrected chi connectivity index (χ1v) is 9.09. The minimum absolute atomic E-state index is 0.0273. The number of likely N-dealkylation sites (tertiary alicyclic amines) is 1. The molecule has 132 valence electrons. The van der Waals surface area contributed by atoms with Crippen molar-refractivity contribution in [1.29, 1.82) is 0 Å². The van der Waals surface area contributed by atoms with Crippen LogP contribution in [0.4, 0.5) is 0 Å². The minimum Gasteiger partial charge on any atom is -0.355 e. The quantitative estimate of drug-likeness (QED) is 0.767. The summed E-state index contributed by atoms with van der Waals surface area (Å²) >= 11 is 5.80. The van der Waals surface area contributed by atoms with Crippen LogP contribution in [0.5, 0.6) is 0 Å². The van der Waals surface area contributed by atoms with Gasteiger partial charge in [0.25, 0.3) is 0 Å². The predicted molar refractivity (Wildman–Crippen MR) is 97.4 cm³/mol. The van der Waals surface area contributed by atoms with E-state index in [1.165, 1.54) is 6.42 Å². The van der Waals surface area contributed by atoms with Gasteiger partial charge in [0.2, 0.25) is 5.91 Å². The molecule has 1 N–H and O–H groups in total. The molecule has 5 heteroatoms. The Bertz CT molecular complexity index is 549. The molecule has 4 nitrogen and oxygen atoms in total. The Labute approximate surface area is 149 Å². The van der Waals surface area contributed by atoms with Crippen LogP contribution in [0.25, 0.3) is 0 Å². The second kappa shape index (κ2) is 9.19. The van der Waals surface area contributed by atoms with E-state index in [-0.39, 0.29) is 24.5 Å². The van der Waals surface area contributed by atoms with E-state index in [0.29, 0.717) is 17.1 Å². The predicted octanol–water partition coefficient (Wildman–Crippen LogP) is 3.40. The lowest BCUT2D eigenvalue weighted by atomic mass is 9.92. The third kappa shape index (κ3) is 6.25. The molecular formula is C19H27ClN2O2. The number of halogens is 1. The van der Waals surface area contributed by atoms with E-state index in [4.69, 9.17) is 11.6 Å². The molecule has 1 aliphatic heterocycles. The minimum atomic E-state index is -0.0598. The van der Waals surface area contributed by atoms with Crippen molar-refractivity contribution in [1.82, 2.24) is 10.2 Å². The van der Waals surface area contributed by atoms with Gasteiger partial charge in [0.05, 0.1) is 0 Å². The molecule has 2 rings (SSSR count). The number of ketones is 1. The van der Waals surface area contributed by atoms with E-state index >= 15 is 0 Å². The van der Waals surface area contributed by atoms with Crippen molar-refractivity contribution in [2.45, 2.75) is 33.1 Å².